The van der Waals surface area contributed by atoms with Crippen molar-refractivity contribution >= 4 is 0 Å². The van der Waals surface area contributed by atoms with Gasteiger partial charge in [-0.05, 0) is 42.9 Å². The van der Waals surface area contributed by atoms with Gasteiger partial charge in [0.05, 0.1) is 0 Å². The van der Waals surface area contributed by atoms with Gasteiger partial charge < -0.3 is 5.73 Å². The molecule has 1 aromatic carbocycles. The fourth-order valence-corrected chi connectivity index (χ4v) is 1.96. The van der Waals surface area contributed by atoms with Crippen LogP contribution >= 0.6 is 0 Å². The molecule has 0 saturated heterocycles. The summed E-state index contributed by atoms with van der Waals surface area (Å²) in [6.45, 7) is 0.305. The van der Waals surface area contributed by atoms with Crippen molar-refractivity contribution in [2.75, 3.05) is 0 Å². The van der Waals surface area contributed by atoms with E-state index in [-0.39, 0.29) is 5.82 Å². The Balaban J connectivity index is 2.44. The summed E-state index contributed by atoms with van der Waals surface area (Å²) < 4.78 is 13.3. The zero-order valence-corrected chi connectivity index (χ0v) is 7.65. The molecule has 0 spiro atoms. The van der Waals surface area contributed by atoms with Crippen molar-refractivity contribution in [3.05, 3.63) is 34.6 Å². The first kappa shape index (κ1) is 8.70. The van der Waals surface area contributed by atoms with Gasteiger partial charge in [-0.15, -0.1) is 0 Å². The lowest BCUT2D eigenvalue weighted by atomic mass is 9.90. The Morgan fingerprint density at radius 3 is 2.38 bits per heavy atom. The van der Waals surface area contributed by atoms with E-state index in [9.17, 15) is 4.39 Å². The summed E-state index contributed by atoms with van der Waals surface area (Å²) in [4.78, 5) is 0. The van der Waals surface area contributed by atoms with Gasteiger partial charge in [0.2, 0.25) is 0 Å². The van der Waals surface area contributed by atoms with Crippen molar-refractivity contribution < 1.29 is 4.39 Å². The summed E-state index contributed by atoms with van der Waals surface area (Å²) in [7, 11) is 0. The van der Waals surface area contributed by atoms with Crippen LogP contribution in [0.4, 0.5) is 4.39 Å². The highest BCUT2D eigenvalue weighted by Gasteiger charge is 2.12. The second-order valence-corrected chi connectivity index (χ2v) is 3.62. The molecule has 0 amide bonds. The van der Waals surface area contributed by atoms with E-state index in [2.05, 4.69) is 0 Å². The fraction of sp³-hybridized carbons (Fsp3) is 0.455. The SMILES string of the molecule is NCc1cc2c(cc1F)CCCC2. The molecule has 0 fully saturated rings. The lowest BCUT2D eigenvalue weighted by molar-refractivity contribution is 0.598. The van der Waals surface area contributed by atoms with Crippen molar-refractivity contribution in [1.29, 1.82) is 0 Å². The average Bonchev–Trinajstić information content (AvgIpc) is 2.17. The van der Waals surface area contributed by atoms with E-state index in [1.807, 2.05) is 6.07 Å². The average molecular weight is 179 g/mol. The first-order chi connectivity index (χ1) is 6.31. The monoisotopic (exact) mass is 179 g/mol. The van der Waals surface area contributed by atoms with Gasteiger partial charge in [-0.2, -0.15) is 0 Å². The number of nitrogens with two attached hydrogens (primary N) is 1. The molecule has 1 aliphatic carbocycles. The second kappa shape index (κ2) is 3.46. The number of fused-ring (bicyclic) bond motifs is 1. The van der Waals surface area contributed by atoms with Crippen LogP contribution in [0.3, 0.4) is 0 Å². The highest BCUT2D eigenvalue weighted by molar-refractivity contribution is 5.34. The van der Waals surface area contributed by atoms with Crippen molar-refractivity contribution in [2.24, 2.45) is 5.73 Å². The number of hydrogen-bond donors (Lipinski definition) is 1. The molecule has 1 aromatic rings. The minimum Gasteiger partial charge on any atom is -0.326 e. The molecular formula is C11H14FN. The molecule has 0 saturated carbocycles. The second-order valence-electron chi connectivity index (χ2n) is 3.62. The smallest absolute Gasteiger partial charge is 0.127 e. The molecule has 0 heterocycles. The number of rotatable bonds is 1. The number of hydrogen-bond acceptors (Lipinski definition) is 1. The van der Waals surface area contributed by atoms with E-state index >= 15 is 0 Å². The topological polar surface area (TPSA) is 26.0 Å². The van der Waals surface area contributed by atoms with E-state index in [4.69, 9.17) is 5.73 Å². The standard InChI is InChI=1S/C11H14FN/c12-11-6-9-4-2-1-3-8(9)5-10(11)7-13/h5-6H,1-4,7,13H2. The molecule has 0 radical (unpaired) electrons. The molecule has 0 bridgehead atoms. The molecule has 0 unspecified atom stereocenters. The van der Waals surface area contributed by atoms with E-state index in [1.165, 1.54) is 24.0 Å². The van der Waals surface area contributed by atoms with Crippen molar-refractivity contribution in [3.63, 3.8) is 0 Å². The number of aryl methyl sites for hydroxylation is 2. The number of benzene rings is 1. The lowest BCUT2D eigenvalue weighted by Gasteiger charge is -2.16. The summed E-state index contributed by atoms with van der Waals surface area (Å²) in [5.74, 6) is -0.136. The Bertz CT molecular complexity index is 320. The van der Waals surface area contributed by atoms with Gasteiger partial charge in [-0.1, -0.05) is 6.07 Å². The Kier molecular flexibility index (Phi) is 2.32. The molecular weight excluding hydrogens is 165 g/mol. The van der Waals surface area contributed by atoms with Crippen molar-refractivity contribution in [3.8, 4) is 0 Å². The molecule has 2 rings (SSSR count). The number of halogens is 1. The zero-order chi connectivity index (χ0) is 9.26. The van der Waals surface area contributed by atoms with Gasteiger partial charge in [-0.3, -0.25) is 0 Å². The van der Waals surface area contributed by atoms with Crippen LogP contribution in [0.1, 0.15) is 29.5 Å². The maximum absolute atomic E-state index is 13.3. The van der Waals surface area contributed by atoms with E-state index in [0.29, 0.717) is 12.1 Å². The predicted octanol–water partition coefficient (Wildman–Crippen LogP) is 2.16. The molecule has 0 aromatic heterocycles. The van der Waals surface area contributed by atoms with Crippen LogP contribution in [0.15, 0.2) is 12.1 Å². The summed E-state index contributed by atoms with van der Waals surface area (Å²) in [5.41, 5.74) is 8.58. The zero-order valence-electron chi connectivity index (χ0n) is 7.65. The third-order valence-electron chi connectivity index (χ3n) is 2.73. The van der Waals surface area contributed by atoms with Crippen LogP contribution < -0.4 is 5.73 Å². The Labute approximate surface area is 77.8 Å². The lowest BCUT2D eigenvalue weighted by Crippen LogP contribution is -2.07. The summed E-state index contributed by atoms with van der Waals surface area (Å²) >= 11 is 0. The first-order valence-electron chi connectivity index (χ1n) is 4.81. The molecule has 1 nitrogen and oxygen atoms in total. The molecule has 70 valence electrons. The largest absolute Gasteiger partial charge is 0.326 e. The van der Waals surface area contributed by atoms with Gasteiger partial charge in [0.15, 0.2) is 0 Å². The highest BCUT2D eigenvalue weighted by Crippen LogP contribution is 2.23. The molecule has 2 N–H and O–H groups in total. The van der Waals surface area contributed by atoms with Crippen molar-refractivity contribution in [2.45, 2.75) is 32.2 Å². The van der Waals surface area contributed by atoms with Gasteiger partial charge >= 0.3 is 0 Å². The third kappa shape index (κ3) is 1.59. The summed E-state index contributed by atoms with van der Waals surface area (Å²) in [6, 6.07) is 3.60. The van der Waals surface area contributed by atoms with Crippen LogP contribution in [0.25, 0.3) is 0 Å². The van der Waals surface area contributed by atoms with E-state index in [0.717, 1.165) is 12.8 Å². The summed E-state index contributed by atoms with van der Waals surface area (Å²) in [5, 5.41) is 0. The maximum Gasteiger partial charge on any atom is 0.127 e. The van der Waals surface area contributed by atoms with Gasteiger partial charge in [-0.25, -0.2) is 4.39 Å². The Morgan fingerprint density at radius 2 is 1.77 bits per heavy atom. The van der Waals surface area contributed by atoms with Gasteiger partial charge in [0.25, 0.3) is 0 Å². The van der Waals surface area contributed by atoms with Crippen LogP contribution in [-0.2, 0) is 19.4 Å². The fourth-order valence-electron chi connectivity index (χ4n) is 1.96. The van der Waals surface area contributed by atoms with E-state index < -0.39 is 0 Å². The molecule has 0 atom stereocenters. The minimum absolute atomic E-state index is 0.136. The predicted molar refractivity (Wildman–Crippen MR) is 50.9 cm³/mol. The molecule has 0 aliphatic heterocycles. The van der Waals surface area contributed by atoms with Gasteiger partial charge in [0.1, 0.15) is 5.82 Å². The van der Waals surface area contributed by atoms with Crippen LogP contribution in [0.5, 0.6) is 0 Å². The molecule has 1 aliphatic rings. The third-order valence-corrected chi connectivity index (χ3v) is 2.73. The minimum atomic E-state index is -0.136. The van der Waals surface area contributed by atoms with E-state index in [1.54, 1.807) is 6.07 Å². The maximum atomic E-state index is 13.3. The quantitative estimate of drug-likeness (QED) is 0.702. The van der Waals surface area contributed by atoms with Crippen LogP contribution in [-0.4, -0.2) is 0 Å². The normalized spacial score (nSPS) is 15.5. The van der Waals surface area contributed by atoms with Gasteiger partial charge in [0, 0.05) is 12.1 Å². The molecule has 13 heavy (non-hydrogen) atoms. The molecule has 2 heteroatoms. The summed E-state index contributed by atoms with van der Waals surface area (Å²) in [6.07, 6.45) is 4.52. The van der Waals surface area contributed by atoms with Crippen LogP contribution in [0, 0.1) is 5.82 Å². The highest BCUT2D eigenvalue weighted by atomic mass is 19.1. The Hall–Kier alpha value is -0.890. The van der Waals surface area contributed by atoms with Crippen LogP contribution in [0.2, 0.25) is 0 Å². The first-order valence-corrected chi connectivity index (χ1v) is 4.81. The Morgan fingerprint density at radius 1 is 1.15 bits per heavy atom. The van der Waals surface area contributed by atoms with Crippen molar-refractivity contribution in [1.82, 2.24) is 0 Å².